The minimum absolute atomic E-state index is 0.0139. The summed E-state index contributed by atoms with van der Waals surface area (Å²) in [6.45, 7) is 0.620. The van der Waals surface area contributed by atoms with Gasteiger partial charge in [0, 0.05) is 11.9 Å². The normalized spacial score (nSPS) is 19.2. The van der Waals surface area contributed by atoms with E-state index >= 15 is 0 Å². The van der Waals surface area contributed by atoms with Crippen molar-refractivity contribution in [3.63, 3.8) is 0 Å². The van der Waals surface area contributed by atoms with Crippen LogP contribution in [0.25, 0.3) is 10.9 Å². The summed E-state index contributed by atoms with van der Waals surface area (Å²) in [4.78, 5) is 25.1. The number of H-pyrrole nitrogens is 1. The van der Waals surface area contributed by atoms with E-state index in [9.17, 15) is 14.7 Å². The van der Waals surface area contributed by atoms with Gasteiger partial charge in [0.2, 0.25) is 0 Å². The lowest BCUT2D eigenvalue weighted by molar-refractivity contribution is -0.147. The number of morpholine rings is 1. The Labute approximate surface area is 114 Å². The minimum Gasteiger partial charge on any atom is -0.480 e. The molecule has 0 spiro atoms. The lowest BCUT2D eigenvalue weighted by Gasteiger charge is -2.32. The average Bonchev–Trinajstić information content (AvgIpc) is 2.94. The van der Waals surface area contributed by atoms with E-state index in [-0.39, 0.29) is 19.1 Å². The molecule has 7 heteroatoms. The monoisotopic (exact) mass is 275 g/mol. The number of aromatic amines is 1. The van der Waals surface area contributed by atoms with Crippen molar-refractivity contribution in [2.45, 2.75) is 6.04 Å². The summed E-state index contributed by atoms with van der Waals surface area (Å²) in [5.41, 5.74) is 1.04. The molecule has 104 valence electrons. The Hall–Kier alpha value is -2.41. The molecule has 2 N–H and O–H groups in total. The number of carbonyl (C=O) groups excluding carboxylic acids is 1. The van der Waals surface area contributed by atoms with Crippen LogP contribution in [0.5, 0.6) is 0 Å². The molecule has 0 radical (unpaired) electrons. The Kier molecular flexibility index (Phi) is 3.11. The van der Waals surface area contributed by atoms with Crippen LogP contribution in [0.4, 0.5) is 0 Å². The number of aliphatic carboxylic acids is 1. The second-order valence-corrected chi connectivity index (χ2v) is 4.57. The molecule has 2 heterocycles. The predicted octanol–water partition coefficient (Wildman–Crippen LogP) is 0.488. The Morgan fingerprint density at radius 2 is 2.30 bits per heavy atom. The number of benzene rings is 1. The molecule has 1 amide bonds. The van der Waals surface area contributed by atoms with Crippen molar-refractivity contribution in [2.24, 2.45) is 0 Å². The number of nitrogens with zero attached hydrogens (tertiary/aromatic N) is 2. The maximum atomic E-state index is 12.6. The van der Waals surface area contributed by atoms with Gasteiger partial charge in [0.25, 0.3) is 5.91 Å². The fraction of sp³-hybridized carbons (Fsp3) is 0.308. The predicted molar refractivity (Wildman–Crippen MR) is 69.4 cm³/mol. The Balaban J connectivity index is 1.98. The quantitative estimate of drug-likeness (QED) is 0.831. The van der Waals surface area contributed by atoms with E-state index in [1.807, 2.05) is 6.07 Å². The van der Waals surface area contributed by atoms with Crippen LogP contribution in [0.15, 0.2) is 24.4 Å². The fourth-order valence-corrected chi connectivity index (χ4v) is 2.35. The maximum Gasteiger partial charge on any atom is 0.328 e. The first kappa shape index (κ1) is 12.6. The largest absolute Gasteiger partial charge is 0.480 e. The average molecular weight is 275 g/mol. The Morgan fingerprint density at radius 1 is 1.45 bits per heavy atom. The van der Waals surface area contributed by atoms with Crippen molar-refractivity contribution in [2.75, 3.05) is 19.8 Å². The van der Waals surface area contributed by atoms with E-state index in [0.29, 0.717) is 17.7 Å². The van der Waals surface area contributed by atoms with E-state index in [2.05, 4.69) is 10.2 Å². The molecule has 3 rings (SSSR count). The van der Waals surface area contributed by atoms with Gasteiger partial charge in [-0.15, -0.1) is 0 Å². The molecule has 1 fully saturated rings. The van der Waals surface area contributed by atoms with E-state index in [4.69, 9.17) is 4.74 Å². The second-order valence-electron chi connectivity index (χ2n) is 4.57. The van der Waals surface area contributed by atoms with Crippen molar-refractivity contribution in [3.8, 4) is 0 Å². The van der Waals surface area contributed by atoms with Crippen LogP contribution in [0.3, 0.4) is 0 Å². The number of fused-ring (bicyclic) bond motifs is 1. The van der Waals surface area contributed by atoms with Crippen LogP contribution in [-0.4, -0.2) is 57.9 Å². The summed E-state index contributed by atoms with van der Waals surface area (Å²) >= 11 is 0. The van der Waals surface area contributed by atoms with Crippen LogP contribution in [0.2, 0.25) is 0 Å². The SMILES string of the molecule is O=C(O)C1COCCN1C(=O)c1cccc2cn[nH]c12. The van der Waals surface area contributed by atoms with Crippen molar-refractivity contribution in [1.29, 1.82) is 0 Å². The number of ether oxygens (including phenoxy) is 1. The number of hydrogen-bond acceptors (Lipinski definition) is 4. The number of carbonyl (C=O) groups is 2. The highest BCUT2D eigenvalue weighted by molar-refractivity contribution is 6.06. The Bertz CT molecular complexity index is 666. The van der Waals surface area contributed by atoms with Crippen LogP contribution in [-0.2, 0) is 9.53 Å². The van der Waals surface area contributed by atoms with Gasteiger partial charge in [0.15, 0.2) is 6.04 Å². The number of carboxylic acids is 1. The third-order valence-electron chi connectivity index (χ3n) is 3.38. The highest BCUT2D eigenvalue weighted by Gasteiger charge is 2.33. The summed E-state index contributed by atoms with van der Waals surface area (Å²) < 4.78 is 5.14. The summed E-state index contributed by atoms with van der Waals surface area (Å²) in [7, 11) is 0. The van der Waals surface area contributed by atoms with E-state index in [1.54, 1.807) is 18.3 Å². The van der Waals surface area contributed by atoms with E-state index in [0.717, 1.165) is 5.39 Å². The first-order valence-electron chi connectivity index (χ1n) is 6.22. The summed E-state index contributed by atoms with van der Waals surface area (Å²) in [6.07, 6.45) is 1.63. The van der Waals surface area contributed by atoms with Gasteiger partial charge in [0.1, 0.15) is 0 Å². The second kappa shape index (κ2) is 4.93. The summed E-state index contributed by atoms with van der Waals surface area (Å²) in [5.74, 6) is -1.38. The highest BCUT2D eigenvalue weighted by atomic mass is 16.5. The minimum atomic E-state index is -1.06. The smallest absolute Gasteiger partial charge is 0.328 e. The molecule has 20 heavy (non-hydrogen) atoms. The number of hydrogen-bond donors (Lipinski definition) is 2. The molecule has 1 unspecified atom stereocenters. The molecule has 1 atom stereocenters. The number of para-hydroxylation sites is 1. The molecule has 1 aliphatic rings. The lowest BCUT2D eigenvalue weighted by Crippen LogP contribution is -2.52. The molecule has 1 aliphatic heterocycles. The molecule has 1 saturated heterocycles. The van der Waals surface area contributed by atoms with E-state index in [1.165, 1.54) is 4.90 Å². The molecule has 0 aliphatic carbocycles. The van der Waals surface area contributed by atoms with Crippen molar-refractivity contribution in [3.05, 3.63) is 30.0 Å². The van der Waals surface area contributed by atoms with Gasteiger partial charge in [-0.2, -0.15) is 5.10 Å². The van der Waals surface area contributed by atoms with Crippen LogP contribution >= 0.6 is 0 Å². The third kappa shape index (κ3) is 2.01. The number of aromatic nitrogens is 2. The van der Waals surface area contributed by atoms with Gasteiger partial charge < -0.3 is 14.7 Å². The first-order valence-corrected chi connectivity index (χ1v) is 6.22. The van der Waals surface area contributed by atoms with Crippen LogP contribution in [0.1, 0.15) is 10.4 Å². The van der Waals surface area contributed by atoms with Crippen molar-refractivity contribution >= 4 is 22.8 Å². The molecule has 1 aromatic heterocycles. The number of rotatable bonds is 2. The fourth-order valence-electron chi connectivity index (χ4n) is 2.35. The zero-order valence-corrected chi connectivity index (χ0v) is 10.6. The molecule has 1 aromatic carbocycles. The zero-order chi connectivity index (χ0) is 14.1. The summed E-state index contributed by atoms with van der Waals surface area (Å²) in [6, 6.07) is 4.30. The van der Waals surface area contributed by atoms with Crippen LogP contribution in [0, 0.1) is 0 Å². The molecule has 0 bridgehead atoms. The maximum absolute atomic E-state index is 12.6. The van der Waals surface area contributed by atoms with Gasteiger partial charge in [-0.1, -0.05) is 12.1 Å². The standard InChI is InChI=1S/C13H13N3O4/c17-12(16-4-5-20-7-10(16)13(18)19)9-3-1-2-8-6-14-15-11(8)9/h1-3,6,10H,4-5,7H2,(H,14,15)(H,18,19). The topological polar surface area (TPSA) is 95.5 Å². The van der Waals surface area contributed by atoms with Gasteiger partial charge in [0.05, 0.1) is 30.5 Å². The molecular weight excluding hydrogens is 262 g/mol. The van der Waals surface area contributed by atoms with E-state index < -0.39 is 12.0 Å². The van der Waals surface area contributed by atoms with Crippen molar-refractivity contribution in [1.82, 2.24) is 15.1 Å². The van der Waals surface area contributed by atoms with Gasteiger partial charge >= 0.3 is 5.97 Å². The third-order valence-corrected chi connectivity index (χ3v) is 3.38. The number of nitrogens with one attached hydrogen (secondary N) is 1. The molecular formula is C13H13N3O4. The zero-order valence-electron chi connectivity index (χ0n) is 10.6. The van der Waals surface area contributed by atoms with Gasteiger partial charge in [-0.05, 0) is 6.07 Å². The molecule has 7 nitrogen and oxygen atoms in total. The molecule has 2 aromatic rings. The summed E-state index contributed by atoms with van der Waals surface area (Å²) in [5, 5.41) is 16.7. The van der Waals surface area contributed by atoms with Crippen molar-refractivity contribution < 1.29 is 19.4 Å². The first-order chi connectivity index (χ1) is 9.68. The van der Waals surface area contributed by atoms with Crippen LogP contribution < -0.4 is 0 Å². The molecule has 0 saturated carbocycles. The number of amides is 1. The lowest BCUT2D eigenvalue weighted by atomic mass is 10.1. The van der Waals surface area contributed by atoms with Gasteiger partial charge in [-0.3, -0.25) is 9.89 Å². The Morgan fingerprint density at radius 3 is 3.10 bits per heavy atom. The van der Waals surface area contributed by atoms with Gasteiger partial charge in [-0.25, -0.2) is 4.79 Å². The number of carboxylic acid groups (broad SMARTS) is 1. The highest BCUT2D eigenvalue weighted by Crippen LogP contribution is 2.19.